The third-order valence-corrected chi connectivity index (χ3v) is 6.80. The van der Waals surface area contributed by atoms with Crippen molar-refractivity contribution in [2.24, 2.45) is 5.92 Å². The lowest BCUT2D eigenvalue weighted by Gasteiger charge is -2.31. The van der Waals surface area contributed by atoms with Crippen LogP contribution in [0.25, 0.3) is 0 Å². The van der Waals surface area contributed by atoms with Crippen molar-refractivity contribution in [1.82, 2.24) is 4.90 Å². The first-order chi connectivity index (χ1) is 10.7. The number of hydrogen-bond donors (Lipinski definition) is 0. The summed E-state index contributed by atoms with van der Waals surface area (Å²) >= 11 is 2.20. The van der Waals surface area contributed by atoms with Gasteiger partial charge in [0.15, 0.2) is 0 Å². The fourth-order valence-corrected chi connectivity index (χ4v) is 5.33. The third kappa shape index (κ3) is 7.73. The summed E-state index contributed by atoms with van der Waals surface area (Å²) in [7, 11) is 0. The highest BCUT2D eigenvalue weighted by molar-refractivity contribution is 8.00. The highest BCUT2D eigenvalue weighted by atomic mass is 32.2. The summed E-state index contributed by atoms with van der Waals surface area (Å²) in [6.45, 7) is 10.8. The molecule has 22 heavy (non-hydrogen) atoms. The third-order valence-electron chi connectivity index (χ3n) is 5.07. The Bertz CT molecular complexity index is 254. The van der Waals surface area contributed by atoms with E-state index in [9.17, 15) is 0 Å². The van der Waals surface area contributed by atoms with E-state index in [1.165, 1.54) is 82.9 Å². The van der Waals surface area contributed by atoms with Crippen LogP contribution in [-0.2, 0) is 0 Å². The molecule has 1 saturated heterocycles. The molecule has 2 unspecified atom stereocenters. The molecule has 0 radical (unpaired) electrons. The van der Waals surface area contributed by atoms with Crippen LogP contribution in [-0.4, -0.2) is 28.6 Å². The monoisotopic (exact) mass is 327 g/mol. The minimum absolute atomic E-state index is 0.781. The highest BCUT2D eigenvalue weighted by Gasteiger charge is 2.33. The second-order valence-electron chi connectivity index (χ2n) is 7.45. The van der Waals surface area contributed by atoms with Crippen molar-refractivity contribution in [1.29, 1.82) is 0 Å². The molecule has 132 valence electrons. The largest absolute Gasteiger partial charge is 0.287 e. The van der Waals surface area contributed by atoms with Crippen LogP contribution in [0.1, 0.15) is 98.3 Å². The zero-order chi connectivity index (χ0) is 16.2. The summed E-state index contributed by atoms with van der Waals surface area (Å²) in [6.07, 6.45) is 15.8. The van der Waals surface area contributed by atoms with Crippen molar-refractivity contribution < 1.29 is 0 Å². The first-order valence-electron chi connectivity index (χ1n) is 10.1. The van der Waals surface area contributed by atoms with E-state index in [0.717, 1.165) is 17.3 Å². The Hall–Kier alpha value is 0.310. The molecule has 0 amide bonds. The van der Waals surface area contributed by atoms with E-state index in [4.69, 9.17) is 0 Å². The lowest BCUT2D eigenvalue weighted by molar-refractivity contribution is 0.176. The van der Waals surface area contributed by atoms with Gasteiger partial charge in [0.2, 0.25) is 0 Å². The molecule has 0 aliphatic carbocycles. The minimum atomic E-state index is 0.781. The second kappa shape index (κ2) is 12.7. The Kier molecular flexibility index (Phi) is 11.7. The molecule has 0 saturated carbocycles. The van der Waals surface area contributed by atoms with Gasteiger partial charge in [-0.25, -0.2) is 0 Å². The number of nitrogens with zero attached hydrogens (tertiary/aromatic N) is 1. The van der Waals surface area contributed by atoms with Crippen LogP contribution in [0.4, 0.5) is 0 Å². The van der Waals surface area contributed by atoms with Crippen LogP contribution in [0.5, 0.6) is 0 Å². The van der Waals surface area contributed by atoms with Gasteiger partial charge in [0.1, 0.15) is 0 Å². The van der Waals surface area contributed by atoms with Gasteiger partial charge in [-0.3, -0.25) is 4.90 Å². The van der Waals surface area contributed by atoms with Gasteiger partial charge in [-0.1, -0.05) is 85.5 Å². The van der Waals surface area contributed by atoms with Gasteiger partial charge in [-0.2, -0.15) is 0 Å². The Labute approximate surface area is 145 Å². The molecule has 2 atom stereocenters. The van der Waals surface area contributed by atoms with E-state index < -0.39 is 0 Å². The molecule has 0 spiro atoms. The highest BCUT2D eigenvalue weighted by Crippen LogP contribution is 2.35. The Morgan fingerprint density at radius 3 is 1.91 bits per heavy atom. The average Bonchev–Trinajstić information content (AvgIpc) is 2.92. The van der Waals surface area contributed by atoms with Crippen molar-refractivity contribution in [3.05, 3.63) is 0 Å². The molecule has 0 N–H and O–H groups in total. The normalized spacial score (nSPS) is 22.8. The fourth-order valence-electron chi connectivity index (χ4n) is 3.63. The van der Waals surface area contributed by atoms with Crippen LogP contribution < -0.4 is 0 Å². The minimum Gasteiger partial charge on any atom is -0.287 e. The Morgan fingerprint density at radius 1 is 0.864 bits per heavy atom. The first-order valence-corrected chi connectivity index (χ1v) is 11.1. The molecular formula is C20H41NS. The number of thioether (sulfide) groups is 1. The Morgan fingerprint density at radius 2 is 1.41 bits per heavy atom. The van der Waals surface area contributed by atoms with E-state index in [1.54, 1.807) is 0 Å². The Balaban J connectivity index is 2.03. The van der Waals surface area contributed by atoms with Crippen LogP contribution in [0.15, 0.2) is 0 Å². The molecule has 0 aromatic rings. The van der Waals surface area contributed by atoms with Gasteiger partial charge in [-0.15, -0.1) is 11.8 Å². The molecule has 1 heterocycles. The van der Waals surface area contributed by atoms with E-state index >= 15 is 0 Å². The zero-order valence-electron chi connectivity index (χ0n) is 15.8. The maximum Gasteiger partial charge on any atom is 0.0583 e. The second-order valence-corrected chi connectivity index (χ2v) is 8.60. The number of hydrogen-bond acceptors (Lipinski definition) is 2. The molecule has 0 aromatic carbocycles. The number of rotatable bonds is 13. The maximum absolute atomic E-state index is 2.82. The van der Waals surface area contributed by atoms with Crippen molar-refractivity contribution in [3.8, 4) is 0 Å². The smallest absolute Gasteiger partial charge is 0.0583 e. The van der Waals surface area contributed by atoms with E-state index in [2.05, 4.69) is 44.4 Å². The summed E-state index contributed by atoms with van der Waals surface area (Å²) in [4.78, 5) is 2.82. The molecule has 0 aromatic heterocycles. The molecular weight excluding hydrogens is 286 g/mol. The fraction of sp³-hybridized carbons (Fsp3) is 1.00. The molecule has 0 bridgehead atoms. The number of unbranched alkanes of at least 4 members (excludes halogenated alkanes) is 9. The molecule has 1 fully saturated rings. The average molecular weight is 328 g/mol. The van der Waals surface area contributed by atoms with Crippen molar-refractivity contribution in [2.45, 2.75) is 110 Å². The molecule has 1 nitrogen and oxygen atoms in total. The summed E-state index contributed by atoms with van der Waals surface area (Å²) in [5.41, 5.74) is 0. The van der Waals surface area contributed by atoms with Crippen LogP contribution >= 0.6 is 11.8 Å². The van der Waals surface area contributed by atoms with Gasteiger partial charge in [0.25, 0.3) is 0 Å². The predicted molar refractivity (Wildman–Crippen MR) is 104 cm³/mol. The lowest BCUT2D eigenvalue weighted by Crippen LogP contribution is -2.39. The van der Waals surface area contributed by atoms with Gasteiger partial charge in [-0.05, 0) is 25.3 Å². The summed E-state index contributed by atoms with van der Waals surface area (Å²) < 4.78 is 0. The van der Waals surface area contributed by atoms with Crippen LogP contribution in [0.3, 0.4) is 0 Å². The summed E-state index contributed by atoms with van der Waals surface area (Å²) in [6, 6.07) is 0.843. The SMILES string of the molecule is CCCCCCCCCCCCN1C(CC)CSC1C(C)C. The molecule has 1 aliphatic heterocycles. The van der Waals surface area contributed by atoms with E-state index in [-0.39, 0.29) is 0 Å². The molecule has 1 rings (SSSR count). The van der Waals surface area contributed by atoms with Crippen LogP contribution in [0, 0.1) is 5.92 Å². The standard InChI is InChI=1S/C20H41NS/c1-5-7-8-9-10-11-12-13-14-15-16-21-19(6-2)17-22-20(21)18(3)4/h18-20H,5-17H2,1-4H3. The maximum atomic E-state index is 2.82. The van der Waals surface area contributed by atoms with E-state index in [1.807, 2.05) is 0 Å². The van der Waals surface area contributed by atoms with Crippen LogP contribution in [0.2, 0.25) is 0 Å². The van der Waals surface area contributed by atoms with Crippen molar-refractivity contribution >= 4 is 11.8 Å². The summed E-state index contributed by atoms with van der Waals surface area (Å²) in [5.74, 6) is 2.15. The van der Waals surface area contributed by atoms with Crippen molar-refractivity contribution in [3.63, 3.8) is 0 Å². The molecule has 2 heteroatoms. The predicted octanol–water partition coefficient (Wildman–Crippen LogP) is 6.72. The van der Waals surface area contributed by atoms with Gasteiger partial charge < -0.3 is 0 Å². The van der Waals surface area contributed by atoms with Gasteiger partial charge in [0.05, 0.1) is 5.37 Å². The van der Waals surface area contributed by atoms with Gasteiger partial charge in [0, 0.05) is 11.8 Å². The lowest BCUT2D eigenvalue weighted by atomic mass is 10.1. The first kappa shape index (κ1) is 20.4. The summed E-state index contributed by atoms with van der Waals surface area (Å²) in [5, 5.41) is 0.781. The zero-order valence-corrected chi connectivity index (χ0v) is 16.6. The topological polar surface area (TPSA) is 3.24 Å². The van der Waals surface area contributed by atoms with E-state index in [0.29, 0.717) is 0 Å². The van der Waals surface area contributed by atoms with Crippen molar-refractivity contribution in [2.75, 3.05) is 12.3 Å². The van der Waals surface area contributed by atoms with Gasteiger partial charge >= 0.3 is 0 Å². The quantitative estimate of drug-likeness (QED) is 0.345. The molecule has 1 aliphatic rings.